The molecule has 13 aromatic rings. The summed E-state index contributed by atoms with van der Waals surface area (Å²) in [5.41, 5.74) is 17.8. The van der Waals surface area contributed by atoms with Crippen LogP contribution in [0.2, 0.25) is 0 Å². The maximum atomic E-state index is 4.32. The highest BCUT2D eigenvalue weighted by molar-refractivity contribution is 5.83. The molecule has 0 aliphatic rings. The van der Waals surface area contributed by atoms with Crippen LogP contribution in [0, 0.1) is 43.3 Å². The molecule has 0 amide bonds. The van der Waals surface area contributed by atoms with E-state index in [1.807, 2.05) is 103 Å². The van der Waals surface area contributed by atoms with Crippen molar-refractivity contribution in [2.45, 2.75) is 218 Å². The van der Waals surface area contributed by atoms with Gasteiger partial charge in [0.05, 0.1) is 11.0 Å². The van der Waals surface area contributed by atoms with Gasteiger partial charge in [-0.3, -0.25) is 19.9 Å². The highest BCUT2D eigenvalue weighted by Crippen LogP contribution is 2.28. The Labute approximate surface area is 639 Å². The van der Waals surface area contributed by atoms with Gasteiger partial charge in [0.1, 0.15) is 17.6 Å². The van der Waals surface area contributed by atoms with Gasteiger partial charge in [0, 0.05) is 97.5 Å². The Morgan fingerprint density at radius 2 is 0.604 bits per heavy atom. The monoisotopic (exact) mass is 1420 g/mol. The van der Waals surface area contributed by atoms with E-state index in [-0.39, 0.29) is 0 Å². The zero-order chi connectivity index (χ0) is 78.0. The van der Waals surface area contributed by atoms with E-state index in [4.69, 9.17) is 0 Å². The van der Waals surface area contributed by atoms with Gasteiger partial charge in [0.15, 0.2) is 0 Å². The Bertz CT molecular complexity index is 4240. The molecule has 9 aromatic heterocycles. The van der Waals surface area contributed by atoms with Gasteiger partial charge < -0.3 is 8.80 Å². The van der Waals surface area contributed by atoms with Crippen molar-refractivity contribution in [1.82, 2.24) is 48.7 Å². The second kappa shape index (κ2) is 38.8. The summed E-state index contributed by atoms with van der Waals surface area (Å²) in [5.74, 6) is 0. The van der Waals surface area contributed by atoms with E-state index in [1.54, 1.807) is 6.33 Å². The summed E-state index contributed by atoms with van der Waals surface area (Å²) in [4.78, 5) is 33.3. The Morgan fingerprint density at radius 1 is 0.236 bits per heavy atom. The van der Waals surface area contributed by atoms with Gasteiger partial charge in [-0.15, -0.1) is 0 Å². The van der Waals surface area contributed by atoms with Gasteiger partial charge in [0.25, 0.3) is 0 Å². The molecule has 0 saturated heterocycles. The van der Waals surface area contributed by atoms with Crippen LogP contribution in [-0.2, 0) is 51.4 Å². The fourth-order valence-electron chi connectivity index (χ4n) is 12.3. The Balaban J connectivity index is 0.000000190. The molecule has 4 aromatic carbocycles. The Kier molecular flexibility index (Phi) is 31.4. The van der Waals surface area contributed by atoms with Crippen molar-refractivity contribution in [3.63, 3.8) is 0 Å². The molecule has 9 heterocycles. The second-order valence-corrected chi connectivity index (χ2v) is 38.1. The van der Waals surface area contributed by atoms with Crippen LogP contribution in [0.3, 0.4) is 0 Å². The summed E-state index contributed by atoms with van der Waals surface area (Å²) in [7, 11) is 0. The van der Waals surface area contributed by atoms with Crippen molar-refractivity contribution in [1.29, 1.82) is 0 Å². The molecule has 0 saturated carbocycles. The predicted molar refractivity (Wildman–Crippen MR) is 454 cm³/mol. The lowest BCUT2D eigenvalue weighted by Gasteiger charge is -2.18. The molecular weight excluding hydrogens is 1290 g/mol. The molecule has 0 bridgehead atoms. The van der Waals surface area contributed by atoms with Crippen LogP contribution in [0.15, 0.2) is 245 Å². The topological polar surface area (TPSA) is 112 Å². The van der Waals surface area contributed by atoms with Gasteiger partial charge in [-0.25, -0.2) is 19.9 Å². The number of benzene rings is 4. The average Bonchev–Trinajstić information content (AvgIpc) is 1.18. The number of pyridine rings is 6. The quantitative estimate of drug-likeness (QED) is 0.148. The van der Waals surface area contributed by atoms with Gasteiger partial charge in [0.2, 0.25) is 0 Å². The van der Waals surface area contributed by atoms with E-state index < -0.39 is 0 Å². The van der Waals surface area contributed by atoms with Crippen LogP contribution in [-0.4, -0.2) is 48.7 Å². The first-order valence-electron chi connectivity index (χ1n) is 38.0. The van der Waals surface area contributed by atoms with E-state index in [0.717, 1.165) is 79.1 Å². The third-order valence-corrected chi connectivity index (χ3v) is 16.0. The molecule has 10 nitrogen and oxygen atoms in total. The van der Waals surface area contributed by atoms with Crippen LogP contribution in [0.4, 0.5) is 0 Å². The molecule has 0 aliphatic carbocycles. The average molecular weight is 1420 g/mol. The van der Waals surface area contributed by atoms with Gasteiger partial charge in [-0.2, -0.15) is 0 Å². The summed E-state index contributed by atoms with van der Waals surface area (Å²) < 4.78 is 4.10. The number of rotatable bonds is 8. The Hall–Kier alpha value is -9.28. The molecule has 562 valence electrons. The maximum Gasteiger partial charge on any atom is 0.136 e. The molecule has 0 fully saturated rings. The maximum absolute atomic E-state index is 4.32. The van der Waals surface area contributed by atoms with Crippen LogP contribution in [0.1, 0.15) is 211 Å². The van der Waals surface area contributed by atoms with Crippen molar-refractivity contribution in [2.24, 2.45) is 43.3 Å². The SMILES string of the molecule is CC(C)(C)Cc1ccc2ccccc2c1.CC(C)(C)Cc1ccc2ncccc2c1.CC(C)(C)Cc1ccc2nccn2c1.CC(C)(C)Cc1ccc2ncncc2c1.CC(C)(C)Cc1cccnc1.CC(C)(C)Cc1cccnc1.CC(C)(C)Cc1cccnc1.CC(C)(C)Cc1ccn2ccnc2c1. The zero-order valence-electron chi connectivity index (χ0n) is 69.2. The van der Waals surface area contributed by atoms with E-state index in [1.165, 1.54) is 60.7 Å². The van der Waals surface area contributed by atoms with Crippen LogP contribution in [0.5, 0.6) is 0 Å². The van der Waals surface area contributed by atoms with Crippen molar-refractivity contribution in [3.05, 3.63) is 289 Å². The molecular formula is C96H128N10. The standard InChI is InChI=1S/C15H18.C14H17N.C13H16N2.2C12H16N2.3C10H15N/c1-15(2,3)11-12-8-9-13-6-4-5-7-14(13)10-12;1-14(2,3)10-11-6-7-13-12(9-11)5-4-8-15-13;1-13(2,3)7-10-4-5-12-11(6-10)8-14-9-15-12;1-12(2,3)9-10-4-6-14-7-5-13-11(14)8-10;1-12(2,3)8-10-4-5-11-13-6-7-14(11)9-10;3*1-10(2,3)7-9-5-4-6-11-8-9/h4-10H,11H2,1-3H3;4-9H,10H2,1-3H3;4-6,8-9H,7H2,1-3H3;4-8H,9H2,1-3H3;4-7,9H,8H2,1-3H3;3*4-6,8H,7H2,1-3H3. The van der Waals surface area contributed by atoms with Crippen molar-refractivity contribution < 1.29 is 0 Å². The summed E-state index contributed by atoms with van der Waals surface area (Å²) in [6, 6.07) is 53.2. The number of hydrogen-bond donors (Lipinski definition) is 0. The fourth-order valence-corrected chi connectivity index (χ4v) is 12.3. The number of fused-ring (bicyclic) bond motifs is 5. The lowest BCUT2D eigenvalue weighted by atomic mass is 9.87. The second-order valence-electron chi connectivity index (χ2n) is 38.1. The number of nitrogens with zero attached hydrogens (tertiary/aromatic N) is 10. The van der Waals surface area contributed by atoms with E-state index in [2.05, 4.69) is 350 Å². The molecule has 106 heavy (non-hydrogen) atoms. The first-order valence-corrected chi connectivity index (χ1v) is 38.0. The van der Waals surface area contributed by atoms with Crippen LogP contribution < -0.4 is 0 Å². The number of aromatic nitrogens is 10. The fraction of sp³-hybridized carbons (Fsp3) is 0.417. The molecule has 10 heteroatoms. The number of imidazole rings is 2. The van der Waals surface area contributed by atoms with E-state index in [9.17, 15) is 0 Å². The third kappa shape index (κ3) is 35.7. The summed E-state index contributed by atoms with van der Waals surface area (Å²) in [6.07, 6.45) is 37.2. The lowest BCUT2D eigenvalue weighted by molar-refractivity contribution is 0.410. The van der Waals surface area contributed by atoms with Crippen molar-refractivity contribution >= 4 is 43.9 Å². The lowest BCUT2D eigenvalue weighted by Crippen LogP contribution is -2.09. The largest absolute Gasteiger partial charge is 0.307 e. The van der Waals surface area contributed by atoms with Crippen molar-refractivity contribution in [3.8, 4) is 0 Å². The first-order chi connectivity index (χ1) is 49.5. The van der Waals surface area contributed by atoms with Gasteiger partial charge in [-0.05, 0) is 217 Å². The molecule has 0 aliphatic heterocycles. The molecule has 0 spiro atoms. The normalized spacial score (nSPS) is 11.9. The van der Waals surface area contributed by atoms with E-state index >= 15 is 0 Å². The minimum absolute atomic E-state index is 0.323. The molecule has 0 N–H and O–H groups in total. The highest BCUT2D eigenvalue weighted by atomic mass is 15.0. The van der Waals surface area contributed by atoms with Gasteiger partial charge in [-0.1, -0.05) is 251 Å². The molecule has 0 radical (unpaired) electrons. The first kappa shape index (κ1) is 85.6. The Morgan fingerprint density at radius 3 is 1.07 bits per heavy atom. The van der Waals surface area contributed by atoms with Crippen LogP contribution in [0.25, 0.3) is 43.9 Å². The summed E-state index contributed by atoms with van der Waals surface area (Å²) >= 11 is 0. The minimum Gasteiger partial charge on any atom is -0.307 e. The number of hydrogen-bond acceptors (Lipinski definition) is 8. The summed E-state index contributed by atoms with van der Waals surface area (Å²) in [5, 5.41) is 5.04. The summed E-state index contributed by atoms with van der Waals surface area (Å²) in [6.45, 7) is 54.0. The zero-order valence-corrected chi connectivity index (χ0v) is 69.2. The van der Waals surface area contributed by atoms with E-state index in [0.29, 0.717) is 43.3 Å². The molecule has 13 rings (SSSR count). The van der Waals surface area contributed by atoms with Crippen molar-refractivity contribution in [2.75, 3.05) is 0 Å². The van der Waals surface area contributed by atoms with Crippen LogP contribution >= 0.6 is 0 Å². The van der Waals surface area contributed by atoms with Gasteiger partial charge >= 0.3 is 0 Å². The molecule has 0 atom stereocenters. The molecule has 0 unspecified atom stereocenters. The smallest absolute Gasteiger partial charge is 0.136 e. The highest BCUT2D eigenvalue weighted by Gasteiger charge is 2.17. The predicted octanol–water partition coefficient (Wildman–Crippen LogP) is 25.3. The third-order valence-electron chi connectivity index (χ3n) is 16.0. The minimum atomic E-state index is 0.323.